The molecule has 26 heavy (non-hydrogen) atoms. The van der Waals surface area contributed by atoms with Crippen LogP contribution in [0.2, 0.25) is 0 Å². The molecule has 1 aliphatic rings. The van der Waals surface area contributed by atoms with E-state index in [9.17, 15) is 4.79 Å². The van der Waals surface area contributed by atoms with Gasteiger partial charge in [0, 0.05) is 25.2 Å². The maximum absolute atomic E-state index is 12.6. The number of carbonyl (C=O) groups is 1. The van der Waals surface area contributed by atoms with E-state index in [2.05, 4.69) is 29.2 Å². The summed E-state index contributed by atoms with van der Waals surface area (Å²) in [6.07, 6.45) is 0.917. The molecule has 2 heterocycles. The van der Waals surface area contributed by atoms with Crippen molar-refractivity contribution < 1.29 is 4.79 Å². The summed E-state index contributed by atoms with van der Waals surface area (Å²) in [5.41, 5.74) is 9.20. The van der Waals surface area contributed by atoms with Gasteiger partial charge in [-0.3, -0.25) is 9.69 Å². The summed E-state index contributed by atoms with van der Waals surface area (Å²) in [5, 5.41) is 7.53. The van der Waals surface area contributed by atoms with E-state index < -0.39 is 0 Å². The van der Waals surface area contributed by atoms with Gasteiger partial charge < -0.3 is 11.1 Å². The molecule has 3 N–H and O–H groups in total. The second kappa shape index (κ2) is 7.21. The van der Waals surface area contributed by atoms with Crippen LogP contribution in [0, 0.1) is 19.3 Å². The number of nitrogens with one attached hydrogen (secondary N) is 1. The molecule has 1 unspecified atom stereocenters. The van der Waals surface area contributed by atoms with Gasteiger partial charge in [-0.15, -0.1) is 0 Å². The number of likely N-dealkylation sites (tertiary alicyclic amines) is 1. The first-order valence-corrected chi connectivity index (χ1v) is 9.16. The van der Waals surface area contributed by atoms with Crippen LogP contribution in [-0.4, -0.2) is 46.3 Å². The Hall–Kier alpha value is -2.18. The Morgan fingerprint density at radius 3 is 2.65 bits per heavy atom. The number of benzene rings is 1. The molecule has 1 atom stereocenters. The van der Waals surface area contributed by atoms with Crippen molar-refractivity contribution in [2.75, 3.05) is 25.0 Å². The second-order valence-electron chi connectivity index (χ2n) is 8.06. The van der Waals surface area contributed by atoms with Gasteiger partial charge in [-0.2, -0.15) is 5.10 Å². The van der Waals surface area contributed by atoms with Gasteiger partial charge in [-0.05, 0) is 37.8 Å². The fourth-order valence-electron chi connectivity index (χ4n) is 3.48. The Morgan fingerprint density at radius 2 is 2.00 bits per heavy atom. The van der Waals surface area contributed by atoms with Crippen LogP contribution < -0.4 is 11.1 Å². The highest BCUT2D eigenvalue weighted by atomic mass is 16.2. The minimum atomic E-state index is -0.0236. The van der Waals surface area contributed by atoms with Gasteiger partial charge in [0.15, 0.2) is 0 Å². The lowest BCUT2D eigenvalue weighted by atomic mass is 9.80. The average Bonchev–Trinajstić information content (AvgIpc) is 2.91. The Morgan fingerprint density at radius 1 is 1.31 bits per heavy atom. The minimum Gasteiger partial charge on any atom is -0.327 e. The lowest BCUT2D eigenvalue weighted by Gasteiger charge is -2.42. The molecule has 0 bridgehead atoms. The Labute approximate surface area is 155 Å². The largest absolute Gasteiger partial charge is 0.327 e. The van der Waals surface area contributed by atoms with Crippen LogP contribution in [0.4, 0.5) is 5.82 Å². The molecular formula is C20H29N5O. The van der Waals surface area contributed by atoms with Crippen LogP contribution in [0.1, 0.15) is 31.5 Å². The zero-order chi connectivity index (χ0) is 18.9. The van der Waals surface area contributed by atoms with Crippen LogP contribution in [0.3, 0.4) is 0 Å². The van der Waals surface area contributed by atoms with Gasteiger partial charge in [0.05, 0.1) is 17.9 Å². The second-order valence-corrected chi connectivity index (χ2v) is 8.06. The van der Waals surface area contributed by atoms with Gasteiger partial charge in [0.1, 0.15) is 5.82 Å². The standard InChI is InChI=1S/C20H29N5O/c1-14-5-7-16(8-6-14)25-18(11-15(2)23-25)22-19(26)12-24-10-9-17(21)20(3,4)13-24/h5-8,11,17H,9-10,12-13,21H2,1-4H3,(H,22,26). The summed E-state index contributed by atoms with van der Waals surface area (Å²) >= 11 is 0. The van der Waals surface area contributed by atoms with Crippen LogP contribution >= 0.6 is 0 Å². The van der Waals surface area contributed by atoms with E-state index in [4.69, 9.17) is 5.73 Å². The van der Waals surface area contributed by atoms with E-state index in [1.165, 1.54) is 5.56 Å². The normalized spacial score (nSPS) is 20.1. The number of carbonyl (C=O) groups excluding carboxylic acids is 1. The number of hydrogen-bond donors (Lipinski definition) is 2. The van der Waals surface area contributed by atoms with Gasteiger partial charge in [-0.1, -0.05) is 31.5 Å². The number of piperidine rings is 1. The maximum Gasteiger partial charge on any atom is 0.239 e. The predicted molar refractivity (Wildman–Crippen MR) is 104 cm³/mol. The van der Waals surface area contributed by atoms with Crippen molar-refractivity contribution in [1.82, 2.24) is 14.7 Å². The van der Waals surface area contributed by atoms with Gasteiger partial charge in [-0.25, -0.2) is 4.68 Å². The van der Waals surface area contributed by atoms with Gasteiger partial charge >= 0.3 is 0 Å². The predicted octanol–water partition coefficient (Wildman–Crippen LogP) is 2.49. The Bertz CT molecular complexity index is 778. The smallest absolute Gasteiger partial charge is 0.239 e. The Balaban J connectivity index is 1.69. The summed E-state index contributed by atoms with van der Waals surface area (Å²) in [6, 6.07) is 10.2. The number of hydrogen-bond acceptors (Lipinski definition) is 4. The van der Waals surface area contributed by atoms with E-state index in [0.29, 0.717) is 12.4 Å². The van der Waals surface area contributed by atoms with Crippen LogP contribution in [0.25, 0.3) is 5.69 Å². The third kappa shape index (κ3) is 4.14. The van der Waals surface area contributed by atoms with Crippen molar-refractivity contribution in [3.8, 4) is 5.69 Å². The Kier molecular flexibility index (Phi) is 5.16. The molecule has 2 aromatic rings. The molecule has 140 valence electrons. The topological polar surface area (TPSA) is 76.2 Å². The maximum atomic E-state index is 12.6. The summed E-state index contributed by atoms with van der Waals surface area (Å²) in [5.74, 6) is 0.675. The highest BCUT2D eigenvalue weighted by molar-refractivity contribution is 5.91. The highest BCUT2D eigenvalue weighted by Gasteiger charge is 2.33. The van der Waals surface area contributed by atoms with Crippen molar-refractivity contribution in [2.45, 2.75) is 40.2 Å². The van der Waals surface area contributed by atoms with E-state index in [1.54, 1.807) is 4.68 Å². The SMILES string of the molecule is Cc1ccc(-n2nc(C)cc2NC(=O)CN2CCC(N)C(C)(C)C2)cc1. The molecule has 6 heteroatoms. The molecule has 1 aromatic heterocycles. The van der Waals surface area contributed by atoms with E-state index in [0.717, 1.165) is 30.9 Å². The van der Waals surface area contributed by atoms with Crippen molar-refractivity contribution in [2.24, 2.45) is 11.1 Å². The third-order valence-corrected chi connectivity index (χ3v) is 5.14. The number of anilines is 1. The summed E-state index contributed by atoms with van der Waals surface area (Å²) in [4.78, 5) is 14.8. The van der Waals surface area contributed by atoms with Crippen LogP contribution in [0.5, 0.6) is 0 Å². The molecular weight excluding hydrogens is 326 g/mol. The lowest BCUT2D eigenvalue weighted by Crippen LogP contribution is -2.53. The summed E-state index contributed by atoms with van der Waals surface area (Å²) in [7, 11) is 0. The van der Waals surface area contributed by atoms with Crippen molar-refractivity contribution in [3.63, 3.8) is 0 Å². The molecule has 1 amide bonds. The number of nitrogens with zero attached hydrogens (tertiary/aromatic N) is 3. The summed E-state index contributed by atoms with van der Waals surface area (Å²) < 4.78 is 1.78. The molecule has 6 nitrogen and oxygen atoms in total. The fourth-order valence-corrected chi connectivity index (χ4v) is 3.48. The molecule has 0 spiro atoms. The number of nitrogens with two attached hydrogens (primary N) is 1. The zero-order valence-corrected chi connectivity index (χ0v) is 16.1. The minimum absolute atomic E-state index is 0.0236. The van der Waals surface area contributed by atoms with Crippen LogP contribution in [0.15, 0.2) is 30.3 Å². The van der Waals surface area contributed by atoms with E-state index in [-0.39, 0.29) is 17.4 Å². The number of aromatic nitrogens is 2. The number of rotatable bonds is 4. The lowest BCUT2D eigenvalue weighted by molar-refractivity contribution is -0.118. The molecule has 1 fully saturated rings. The van der Waals surface area contributed by atoms with E-state index in [1.807, 2.05) is 44.2 Å². The molecule has 3 rings (SSSR count). The molecule has 1 aromatic carbocycles. The molecule has 0 saturated carbocycles. The summed E-state index contributed by atoms with van der Waals surface area (Å²) in [6.45, 7) is 10.4. The van der Waals surface area contributed by atoms with E-state index >= 15 is 0 Å². The monoisotopic (exact) mass is 355 g/mol. The molecule has 1 saturated heterocycles. The third-order valence-electron chi connectivity index (χ3n) is 5.14. The first kappa shape index (κ1) is 18.6. The first-order valence-electron chi connectivity index (χ1n) is 9.16. The average molecular weight is 355 g/mol. The fraction of sp³-hybridized carbons (Fsp3) is 0.500. The number of amides is 1. The number of aryl methyl sites for hydroxylation is 2. The zero-order valence-electron chi connectivity index (χ0n) is 16.1. The van der Waals surface area contributed by atoms with Crippen molar-refractivity contribution >= 4 is 11.7 Å². The molecule has 0 aliphatic carbocycles. The van der Waals surface area contributed by atoms with Crippen molar-refractivity contribution in [1.29, 1.82) is 0 Å². The van der Waals surface area contributed by atoms with Gasteiger partial charge in [0.2, 0.25) is 5.91 Å². The van der Waals surface area contributed by atoms with Gasteiger partial charge in [0.25, 0.3) is 0 Å². The highest BCUT2D eigenvalue weighted by Crippen LogP contribution is 2.27. The van der Waals surface area contributed by atoms with Crippen LogP contribution in [-0.2, 0) is 4.79 Å². The first-order chi connectivity index (χ1) is 12.2. The van der Waals surface area contributed by atoms with Crippen molar-refractivity contribution in [3.05, 3.63) is 41.6 Å². The quantitative estimate of drug-likeness (QED) is 0.883. The molecule has 0 radical (unpaired) electrons. The molecule has 1 aliphatic heterocycles.